The van der Waals surface area contributed by atoms with Crippen molar-refractivity contribution in [2.24, 2.45) is 0 Å². The SMILES string of the molecule is C[C@H]1C[C@@H](N(C)C(=O)c2cc(COC(C)(C)C)on2)CCN1C. The van der Waals surface area contributed by atoms with Crippen LogP contribution in [0.5, 0.6) is 0 Å². The molecule has 6 nitrogen and oxygen atoms in total. The van der Waals surface area contributed by atoms with Crippen molar-refractivity contribution in [3.8, 4) is 0 Å². The number of piperidine rings is 1. The fraction of sp³-hybridized carbons (Fsp3) is 0.765. The summed E-state index contributed by atoms with van der Waals surface area (Å²) in [5.74, 6) is 0.492. The van der Waals surface area contributed by atoms with Gasteiger partial charge in [0.25, 0.3) is 5.91 Å². The zero-order valence-corrected chi connectivity index (χ0v) is 15.1. The first-order valence-electron chi connectivity index (χ1n) is 8.24. The number of aromatic nitrogens is 1. The number of likely N-dealkylation sites (tertiary alicyclic amines) is 1. The van der Waals surface area contributed by atoms with E-state index in [1.165, 1.54) is 0 Å². The molecule has 2 heterocycles. The first-order chi connectivity index (χ1) is 10.7. The summed E-state index contributed by atoms with van der Waals surface area (Å²) in [7, 11) is 3.98. The lowest BCUT2D eigenvalue weighted by Crippen LogP contribution is -2.48. The molecule has 1 amide bonds. The van der Waals surface area contributed by atoms with Crippen LogP contribution in [0, 0.1) is 0 Å². The molecule has 23 heavy (non-hydrogen) atoms. The minimum atomic E-state index is -0.252. The van der Waals surface area contributed by atoms with Crippen molar-refractivity contribution in [3.63, 3.8) is 0 Å². The Labute approximate surface area is 138 Å². The second kappa shape index (κ2) is 7.01. The highest BCUT2D eigenvalue weighted by Crippen LogP contribution is 2.21. The molecule has 1 aromatic rings. The molecule has 0 aliphatic carbocycles. The zero-order chi connectivity index (χ0) is 17.2. The third-order valence-electron chi connectivity index (χ3n) is 4.47. The smallest absolute Gasteiger partial charge is 0.276 e. The Morgan fingerprint density at radius 3 is 2.83 bits per heavy atom. The summed E-state index contributed by atoms with van der Waals surface area (Å²) >= 11 is 0. The number of nitrogens with zero attached hydrogens (tertiary/aromatic N) is 3. The van der Waals surface area contributed by atoms with Gasteiger partial charge in [0, 0.05) is 31.7 Å². The molecule has 1 aliphatic rings. The summed E-state index contributed by atoms with van der Waals surface area (Å²) in [5.41, 5.74) is 0.101. The third-order valence-corrected chi connectivity index (χ3v) is 4.47. The van der Waals surface area contributed by atoms with Crippen LogP contribution in [-0.2, 0) is 11.3 Å². The van der Waals surface area contributed by atoms with Crippen molar-refractivity contribution in [2.75, 3.05) is 20.6 Å². The van der Waals surface area contributed by atoms with Crippen molar-refractivity contribution in [3.05, 3.63) is 17.5 Å². The van der Waals surface area contributed by atoms with Crippen molar-refractivity contribution >= 4 is 5.91 Å². The zero-order valence-electron chi connectivity index (χ0n) is 15.1. The molecule has 1 aliphatic heterocycles. The Morgan fingerprint density at radius 1 is 1.52 bits per heavy atom. The van der Waals surface area contributed by atoms with E-state index in [-0.39, 0.29) is 17.6 Å². The maximum absolute atomic E-state index is 12.6. The predicted molar refractivity (Wildman–Crippen MR) is 88.3 cm³/mol. The molecule has 1 aromatic heterocycles. The largest absolute Gasteiger partial charge is 0.368 e. The summed E-state index contributed by atoms with van der Waals surface area (Å²) in [5, 5.41) is 3.91. The van der Waals surface area contributed by atoms with Crippen LogP contribution in [0.15, 0.2) is 10.6 Å². The van der Waals surface area contributed by atoms with Gasteiger partial charge < -0.3 is 19.1 Å². The van der Waals surface area contributed by atoms with Crippen LogP contribution >= 0.6 is 0 Å². The van der Waals surface area contributed by atoms with Gasteiger partial charge in [0.1, 0.15) is 6.61 Å². The molecule has 130 valence electrons. The number of ether oxygens (including phenoxy) is 1. The second-order valence-electron chi connectivity index (χ2n) is 7.50. The summed E-state index contributed by atoms with van der Waals surface area (Å²) in [6.07, 6.45) is 1.97. The fourth-order valence-corrected chi connectivity index (χ4v) is 2.73. The highest BCUT2D eigenvalue weighted by Gasteiger charge is 2.29. The van der Waals surface area contributed by atoms with Crippen molar-refractivity contribution < 1.29 is 14.1 Å². The Morgan fingerprint density at radius 2 is 2.22 bits per heavy atom. The van der Waals surface area contributed by atoms with Crippen LogP contribution in [0.25, 0.3) is 0 Å². The molecule has 0 saturated carbocycles. The number of carbonyl (C=O) groups excluding carboxylic acids is 1. The Bertz CT molecular complexity index is 535. The Kier molecular flexibility index (Phi) is 5.47. The topological polar surface area (TPSA) is 58.8 Å². The van der Waals surface area contributed by atoms with Gasteiger partial charge in [0.15, 0.2) is 11.5 Å². The predicted octanol–water partition coefficient (Wildman–Crippen LogP) is 2.54. The van der Waals surface area contributed by atoms with E-state index in [1.807, 2.05) is 27.8 Å². The first kappa shape index (κ1) is 17.9. The van der Waals surface area contributed by atoms with E-state index in [1.54, 1.807) is 11.0 Å². The van der Waals surface area contributed by atoms with Crippen LogP contribution < -0.4 is 0 Å². The summed E-state index contributed by atoms with van der Waals surface area (Å²) in [6.45, 7) is 9.45. The summed E-state index contributed by atoms with van der Waals surface area (Å²) < 4.78 is 10.9. The van der Waals surface area contributed by atoms with Crippen LogP contribution in [0.4, 0.5) is 0 Å². The molecule has 0 radical (unpaired) electrons. The average Bonchev–Trinajstić information content (AvgIpc) is 2.95. The van der Waals surface area contributed by atoms with Crippen LogP contribution in [-0.4, -0.2) is 59.2 Å². The molecule has 6 heteroatoms. The van der Waals surface area contributed by atoms with E-state index in [0.717, 1.165) is 19.4 Å². The highest BCUT2D eigenvalue weighted by atomic mass is 16.5. The Balaban J connectivity index is 1.96. The lowest BCUT2D eigenvalue weighted by atomic mass is 9.97. The molecular formula is C17H29N3O3. The van der Waals surface area contributed by atoms with Crippen LogP contribution in [0.3, 0.4) is 0 Å². The van der Waals surface area contributed by atoms with Gasteiger partial charge in [0.2, 0.25) is 0 Å². The summed E-state index contributed by atoms with van der Waals surface area (Å²) in [6, 6.07) is 2.42. The molecule has 0 aromatic carbocycles. The molecule has 2 atom stereocenters. The number of hydrogen-bond acceptors (Lipinski definition) is 5. The van der Waals surface area contributed by atoms with Gasteiger partial charge in [-0.1, -0.05) is 5.16 Å². The number of amides is 1. The molecule has 0 unspecified atom stereocenters. The van der Waals surface area contributed by atoms with E-state index in [2.05, 4.69) is 24.0 Å². The third kappa shape index (κ3) is 4.78. The second-order valence-corrected chi connectivity index (χ2v) is 7.50. The summed E-state index contributed by atoms with van der Waals surface area (Å²) in [4.78, 5) is 16.7. The van der Waals surface area contributed by atoms with E-state index in [4.69, 9.17) is 9.26 Å². The molecule has 1 saturated heterocycles. The van der Waals surface area contributed by atoms with Gasteiger partial charge in [-0.05, 0) is 47.6 Å². The maximum Gasteiger partial charge on any atom is 0.276 e. The monoisotopic (exact) mass is 323 g/mol. The van der Waals surface area contributed by atoms with E-state index >= 15 is 0 Å². The molecular weight excluding hydrogens is 294 g/mol. The first-order valence-corrected chi connectivity index (χ1v) is 8.24. The van der Waals surface area contributed by atoms with Gasteiger partial charge in [-0.3, -0.25) is 4.79 Å². The van der Waals surface area contributed by atoms with Gasteiger partial charge in [-0.15, -0.1) is 0 Å². The van der Waals surface area contributed by atoms with Gasteiger partial charge in [0.05, 0.1) is 5.60 Å². The fourth-order valence-electron chi connectivity index (χ4n) is 2.73. The average molecular weight is 323 g/mol. The number of carbonyl (C=O) groups is 1. The van der Waals surface area contributed by atoms with Gasteiger partial charge in [-0.2, -0.15) is 0 Å². The number of hydrogen-bond donors (Lipinski definition) is 0. The standard InChI is InChI=1S/C17H29N3O3/c1-12-9-13(7-8-19(12)5)20(6)16(21)15-10-14(23-18-15)11-22-17(2,3)4/h10,12-13H,7-9,11H2,1-6H3/t12-,13-/m0/s1. The molecule has 0 bridgehead atoms. The van der Waals surface area contributed by atoms with E-state index in [0.29, 0.717) is 24.1 Å². The Hall–Kier alpha value is -1.40. The number of rotatable bonds is 4. The van der Waals surface area contributed by atoms with Gasteiger partial charge >= 0.3 is 0 Å². The maximum atomic E-state index is 12.6. The quantitative estimate of drug-likeness (QED) is 0.852. The van der Waals surface area contributed by atoms with Crippen LogP contribution in [0.1, 0.15) is 56.8 Å². The van der Waals surface area contributed by atoms with Crippen molar-refractivity contribution in [1.82, 2.24) is 15.0 Å². The van der Waals surface area contributed by atoms with E-state index in [9.17, 15) is 4.79 Å². The van der Waals surface area contributed by atoms with Gasteiger partial charge in [-0.25, -0.2) is 0 Å². The minimum Gasteiger partial charge on any atom is -0.368 e. The van der Waals surface area contributed by atoms with Crippen molar-refractivity contribution in [1.29, 1.82) is 0 Å². The lowest BCUT2D eigenvalue weighted by Gasteiger charge is -2.39. The molecule has 0 spiro atoms. The van der Waals surface area contributed by atoms with Crippen molar-refractivity contribution in [2.45, 2.75) is 64.8 Å². The highest BCUT2D eigenvalue weighted by molar-refractivity contribution is 5.92. The lowest BCUT2D eigenvalue weighted by molar-refractivity contribution is -0.0241. The van der Waals surface area contributed by atoms with E-state index < -0.39 is 0 Å². The minimum absolute atomic E-state index is 0.0856. The molecule has 2 rings (SSSR count). The van der Waals surface area contributed by atoms with Crippen LogP contribution in [0.2, 0.25) is 0 Å². The molecule has 1 fully saturated rings. The molecule has 0 N–H and O–H groups in total. The normalized spacial score (nSPS) is 23.0.